The van der Waals surface area contributed by atoms with E-state index in [4.69, 9.17) is 14.6 Å². The van der Waals surface area contributed by atoms with Gasteiger partial charge in [-0.3, -0.25) is 9.59 Å². The van der Waals surface area contributed by atoms with Crippen LogP contribution in [-0.4, -0.2) is 72.2 Å². The van der Waals surface area contributed by atoms with E-state index in [9.17, 15) is 14.0 Å². The Kier molecular flexibility index (Phi) is 8.38. The van der Waals surface area contributed by atoms with Gasteiger partial charge in [-0.15, -0.1) is 0 Å². The Balaban J connectivity index is 0.000000941. The van der Waals surface area contributed by atoms with Crippen molar-refractivity contribution < 1.29 is 28.6 Å². The molecule has 0 aliphatic carbocycles. The standard InChI is InChI=1S/C19H26FN3O3.CH2O2/c1-26-12-11-22-9-3-7-19(17(22)24)8-4-10-23(19)18(25)21-14-15-5-2-6-16(20)13-15;2-1-3/h2,5-6,13H,3-4,7-12,14H2,1H3,(H,21,25);1H,(H,2,3). The van der Waals surface area contributed by atoms with Gasteiger partial charge < -0.3 is 25.0 Å². The maximum absolute atomic E-state index is 13.3. The number of carbonyl (C=O) groups excluding carboxylic acids is 2. The molecule has 1 spiro atoms. The van der Waals surface area contributed by atoms with E-state index < -0.39 is 5.54 Å². The number of carboxylic acid groups (broad SMARTS) is 1. The Morgan fingerprint density at radius 3 is 2.69 bits per heavy atom. The summed E-state index contributed by atoms with van der Waals surface area (Å²) in [6, 6.07) is 5.90. The van der Waals surface area contributed by atoms with Crippen molar-refractivity contribution in [3.8, 4) is 0 Å². The quantitative estimate of drug-likeness (QED) is 0.723. The number of hydrogen-bond donors (Lipinski definition) is 2. The molecular weight excluding hydrogens is 381 g/mol. The van der Waals surface area contributed by atoms with Crippen molar-refractivity contribution in [2.75, 3.05) is 33.4 Å². The molecule has 2 N–H and O–H groups in total. The van der Waals surface area contributed by atoms with Crippen molar-refractivity contribution in [3.05, 3.63) is 35.6 Å². The van der Waals surface area contributed by atoms with Gasteiger partial charge in [0.2, 0.25) is 5.91 Å². The summed E-state index contributed by atoms with van der Waals surface area (Å²) in [5.41, 5.74) is -0.0406. The van der Waals surface area contributed by atoms with Crippen LogP contribution in [0.5, 0.6) is 0 Å². The normalized spacial score (nSPS) is 21.0. The number of urea groups is 1. The maximum Gasteiger partial charge on any atom is 0.318 e. The van der Waals surface area contributed by atoms with Crippen molar-refractivity contribution in [2.45, 2.75) is 37.8 Å². The fraction of sp³-hybridized carbons (Fsp3) is 0.550. The van der Waals surface area contributed by atoms with Crippen molar-refractivity contribution in [3.63, 3.8) is 0 Å². The number of piperidine rings is 1. The van der Waals surface area contributed by atoms with Gasteiger partial charge in [-0.2, -0.15) is 0 Å². The van der Waals surface area contributed by atoms with Crippen LogP contribution >= 0.6 is 0 Å². The van der Waals surface area contributed by atoms with E-state index in [1.54, 1.807) is 24.1 Å². The van der Waals surface area contributed by atoms with Crippen LogP contribution < -0.4 is 5.32 Å². The molecule has 3 amide bonds. The summed E-state index contributed by atoms with van der Waals surface area (Å²) in [5.74, 6) is -0.301. The number of nitrogens with one attached hydrogen (secondary N) is 1. The summed E-state index contributed by atoms with van der Waals surface area (Å²) < 4.78 is 18.4. The molecule has 2 fully saturated rings. The number of amides is 3. The predicted molar refractivity (Wildman–Crippen MR) is 104 cm³/mol. The van der Waals surface area contributed by atoms with E-state index in [1.807, 2.05) is 4.90 Å². The SMILES string of the molecule is COCCN1CCCC2(CCCN2C(=O)NCc2cccc(F)c2)C1=O.O=CO. The first kappa shape index (κ1) is 22.6. The van der Waals surface area contributed by atoms with Crippen LogP contribution in [0.25, 0.3) is 0 Å². The number of halogens is 1. The summed E-state index contributed by atoms with van der Waals surface area (Å²) in [4.78, 5) is 37.7. The number of hydrogen-bond acceptors (Lipinski definition) is 4. The third kappa shape index (κ3) is 5.44. The summed E-state index contributed by atoms with van der Waals surface area (Å²) in [6.45, 7) is 2.32. The Bertz CT molecular complexity index is 717. The molecule has 1 aromatic carbocycles. The van der Waals surface area contributed by atoms with Crippen LogP contribution in [0.15, 0.2) is 24.3 Å². The van der Waals surface area contributed by atoms with Crippen LogP contribution in [0.2, 0.25) is 0 Å². The number of ether oxygens (including phenoxy) is 1. The van der Waals surface area contributed by atoms with Gasteiger partial charge in [-0.1, -0.05) is 12.1 Å². The van der Waals surface area contributed by atoms with E-state index >= 15 is 0 Å². The van der Waals surface area contributed by atoms with Gasteiger partial charge in [0.25, 0.3) is 6.47 Å². The molecule has 1 atom stereocenters. The van der Waals surface area contributed by atoms with Crippen molar-refractivity contribution in [1.82, 2.24) is 15.1 Å². The summed E-state index contributed by atoms with van der Waals surface area (Å²) in [6.07, 6.45) is 3.09. The lowest BCUT2D eigenvalue weighted by atomic mass is 9.85. The summed E-state index contributed by atoms with van der Waals surface area (Å²) in [7, 11) is 1.62. The van der Waals surface area contributed by atoms with Gasteiger partial charge in [0.15, 0.2) is 0 Å². The highest BCUT2D eigenvalue weighted by Gasteiger charge is 2.52. The van der Waals surface area contributed by atoms with Crippen LogP contribution in [-0.2, 0) is 20.9 Å². The first-order chi connectivity index (χ1) is 14.0. The minimum absolute atomic E-state index is 0.0270. The molecule has 2 aliphatic heterocycles. The van der Waals surface area contributed by atoms with Crippen LogP contribution in [0.4, 0.5) is 9.18 Å². The molecule has 1 aromatic rings. The zero-order valence-electron chi connectivity index (χ0n) is 16.6. The topological polar surface area (TPSA) is 99.2 Å². The second-order valence-corrected chi connectivity index (χ2v) is 7.07. The minimum atomic E-state index is -0.738. The van der Waals surface area contributed by atoms with E-state index in [0.717, 1.165) is 12.8 Å². The van der Waals surface area contributed by atoms with Crippen LogP contribution in [0.1, 0.15) is 31.2 Å². The molecule has 29 heavy (non-hydrogen) atoms. The highest BCUT2D eigenvalue weighted by atomic mass is 19.1. The first-order valence-corrected chi connectivity index (χ1v) is 9.64. The predicted octanol–water partition coefficient (Wildman–Crippen LogP) is 1.84. The average Bonchev–Trinajstić information content (AvgIpc) is 3.12. The molecular formula is C20H28FN3O5. The van der Waals surface area contributed by atoms with Gasteiger partial charge in [0.05, 0.1) is 6.61 Å². The van der Waals surface area contributed by atoms with Crippen molar-refractivity contribution >= 4 is 18.4 Å². The molecule has 1 unspecified atom stereocenters. The Morgan fingerprint density at radius 2 is 2.03 bits per heavy atom. The molecule has 3 rings (SSSR count). The molecule has 160 valence electrons. The van der Waals surface area contributed by atoms with Gasteiger partial charge in [-0.05, 0) is 43.4 Å². The summed E-state index contributed by atoms with van der Waals surface area (Å²) in [5, 5.41) is 9.73. The van der Waals surface area contributed by atoms with E-state index in [0.29, 0.717) is 44.6 Å². The van der Waals surface area contributed by atoms with Crippen molar-refractivity contribution in [2.24, 2.45) is 0 Å². The molecule has 0 bridgehead atoms. The molecule has 0 aromatic heterocycles. The zero-order valence-corrected chi connectivity index (χ0v) is 16.6. The van der Waals surface area contributed by atoms with Gasteiger partial charge >= 0.3 is 6.03 Å². The fourth-order valence-corrected chi connectivity index (χ4v) is 4.06. The Labute approximate surface area is 169 Å². The molecule has 2 heterocycles. The van der Waals surface area contributed by atoms with Gasteiger partial charge in [0.1, 0.15) is 11.4 Å². The highest BCUT2D eigenvalue weighted by molar-refractivity contribution is 5.92. The smallest absolute Gasteiger partial charge is 0.318 e. The number of methoxy groups -OCH3 is 1. The van der Waals surface area contributed by atoms with E-state index in [-0.39, 0.29) is 30.8 Å². The maximum atomic E-state index is 13.3. The number of benzene rings is 1. The Morgan fingerprint density at radius 1 is 1.34 bits per heavy atom. The molecule has 9 heteroatoms. The van der Waals surface area contributed by atoms with Gasteiger partial charge in [0, 0.05) is 33.3 Å². The monoisotopic (exact) mass is 409 g/mol. The molecule has 2 aliphatic rings. The molecule has 0 radical (unpaired) electrons. The number of rotatable bonds is 5. The fourth-order valence-electron chi connectivity index (χ4n) is 4.06. The van der Waals surface area contributed by atoms with E-state index in [1.165, 1.54) is 12.1 Å². The lowest BCUT2D eigenvalue weighted by Gasteiger charge is -2.44. The number of nitrogens with zero attached hydrogens (tertiary/aromatic N) is 2. The second-order valence-electron chi connectivity index (χ2n) is 7.07. The molecule has 8 nitrogen and oxygen atoms in total. The number of likely N-dealkylation sites (tertiary alicyclic amines) is 2. The largest absolute Gasteiger partial charge is 0.483 e. The average molecular weight is 409 g/mol. The molecule has 0 saturated carbocycles. The highest BCUT2D eigenvalue weighted by Crippen LogP contribution is 2.38. The minimum Gasteiger partial charge on any atom is -0.483 e. The summed E-state index contributed by atoms with van der Waals surface area (Å²) >= 11 is 0. The lowest BCUT2D eigenvalue weighted by Crippen LogP contribution is -2.63. The Hall–Kier alpha value is -2.68. The number of carbonyl (C=O) groups is 3. The second kappa shape index (κ2) is 10.8. The van der Waals surface area contributed by atoms with Crippen molar-refractivity contribution in [1.29, 1.82) is 0 Å². The van der Waals surface area contributed by atoms with E-state index in [2.05, 4.69) is 5.32 Å². The third-order valence-electron chi connectivity index (χ3n) is 5.34. The lowest BCUT2D eigenvalue weighted by molar-refractivity contribution is -0.146. The van der Waals surface area contributed by atoms with Gasteiger partial charge in [-0.25, -0.2) is 9.18 Å². The van der Waals surface area contributed by atoms with Crippen LogP contribution in [0, 0.1) is 5.82 Å². The third-order valence-corrected chi connectivity index (χ3v) is 5.34. The molecule has 2 saturated heterocycles. The zero-order chi connectivity index (χ0) is 21.3. The van der Waals surface area contributed by atoms with Crippen LogP contribution in [0.3, 0.4) is 0 Å². The first-order valence-electron chi connectivity index (χ1n) is 9.64.